The second-order valence-corrected chi connectivity index (χ2v) is 2.67. The van der Waals surface area contributed by atoms with Crippen LogP contribution in [0.25, 0.3) is 0 Å². The summed E-state index contributed by atoms with van der Waals surface area (Å²) in [5.41, 5.74) is 0.741. The summed E-state index contributed by atoms with van der Waals surface area (Å²) in [4.78, 5) is 1.60. The van der Waals surface area contributed by atoms with Crippen molar-refractivity contribution in [1.82, 2.24) is 4.90 Å². The Bertz CT molecular complexity index is 163. The number of halogens is 2. The van der Waals surface area contributed by atoms with E-state index >= 15 is 0 Å². The lowest BCUT2D eigenvalue weighted by Gasteiger charge is -2.10. The van der Waals surface area contributed by atoms with Crippen molar-refractivity contribution in [3.05, 3.63) is 11.8 Å². The Labute approximate surface area is 59.3 Å². The molecule has 0 spiro atoms. The van der Waals surface area contributed by atoms with Crippen molar-refractivity contribution in [2.45, 2.75) is 19.3 Å². The predicted octanol–water partition coefficient (Wildman–Crippen LogP) is 1.86. The number of nitrogens with zero attached hydrogens (tertiary/aromatic N) is 1. The molecule has 1 rings (SSSR count). The van der Waals surface area contributed by atoms with Crippen LogP contribution < -0.4 is 0 Å². The largest absolute Gasteiger partial charge is 0.372 e. The smallest absolute Gasteiger partial charge is 0.270 e. The van der Waals surface area contributed by atoms with E-state index < -0.39 is 5.92 Å². The molecule has 1 saturated heterocycles. The zero-order valence-corrected chi connectivity index (χ0v) is 6.19. The molecule has 0 aromatic heterocycles. The molecule has 1 fully saturated rings. The minimum atomic E-state index is -2.50. The van der Waals surface area contributed by atoms with E-state index in [0.29, 0.717) is 0 Å². The lowest BCUT2D eigenvalue weighted by molar-refractivity contribution is 0.0149. The Morgan fingerprint density at radius 2 is 2.20 bits per heavy atom. The molecular formula is C7H11F2N. The van der Waals surface area contributed by atoms with Crippen molar-refractivity contribution in [1.29, 1.82) is 0 Å². The third-order valence-corrected chi connectivity index (χ3v) is 1.73. The monoisotopic (exact) mass is 147 g/mol. The van der Waals surface area contributed by atoms with Crippen molar-refractivity contribution in [2.24, 2.45) is 0 Å². The van der Waals surface area contributed by atoms with E-state index in [9.17, 15) is 8.78 Å². The summed E-state index contributed by atoms with van der Waals surface area (Å²) in [5, 5.41) is 0. The predicted molar refractivity (Wildman–Crippen MR) is 36.0 cm³/mol. The second kappa shape index (κ2) is 2.22. The van der Waals surface area contributed by atoms with Gasteiger partial charge >= 0.3 is 0 Å². The summed E-state index contributed by atoms with van der Waals surface area (Å²) < 4.78 is 25.1. The maximum absolute atomic E-state index is 12.5. The Kier molecular flexibility index (Phi) is 1.67. The fourth-order valence-corrected chi connectivity index (χ4v) is 1.23. The van der Waals surface area contributed by atoms with Gasteiger partial charge in [-0.15, -0.1) is 0 Å². The van der Waals surface area contributed by atoms with Crippen molar-refractivity contribution in [3.8, 4) is 0 Å². The number of rotatable bonds is 0. The molecule has 0 unspecified atom stereocenters. The van der Waals surface area contributed by atoms with Gasteiger partial charge in [0.1, 0.15) is 0 Å². The van der Waals surface area contributed by atoms with Gasteiger partial charge in [-0.05, 0) is 6.92 Å². The van der Waals surface area contributed by atoms with E-state index in [1.165, 1.54) is 0 Å². The summed E-state index contributed by atoms with van der Waals surface area (Å²) in [6.07, 6.45) is 1.64. The number of hydrogen-bond donors (Lipinski definition) is 0. The summed E-state index contributed by atoms with van der Waals surface area (Å²) in [7, 11) is 1.69. The molecule has 10 heavy (non-hydrogen) atoms. The lowest BCUT2D eigenvalue weighted by atomic mass is 10.2. The highest BCUT2D eigenvalue weighted by Gasteiger charge is 2.39. The van der Waals surface area contributed by atoms with Crippen LogP contribution in [0.15, 0.2) is 11.8 Å². The van der Waals surface area contributed by atoms with Crippen LogP contribution in [0.4, 0.5) is 8.78 Å². The van der Waals surface area contributed by atoms with E-state index in [1.807, 2.05) is 0 Å². The summed E-state index contributed by atoms with van der Waals surface area (Å²) in [5.74, 6) is -2.50. The average molecular weight is 147 g/mol. The standard InChI is InChI=1S/C7H11F2N/c1-3-6-4-7(8,9)5-10(6)2/h3H,4-5H2,1-2H3/b6-3+. The third-order valence-electron chi connectivity index (χ3n) is 1.73. The van der Waals surface area contributed by atoms with Crippen LogP contribution in [0.2, 0.25) is 0 Å². The molecule has 0 amide bonds. The highest BCUT2D eigenvalue weighted by atomic mass is 19.3. The Morgan fingerprint density at radius 3 is 2.40 bits per heavy atom. The van der Waals surface area contributed by atoms with Crippen molar-refractivity contribution in [2.75, 3.05) is 13.6 Å². The third kappa shape index (κ3) is 1.28. The number of hydrogen-bond acceptors (Lipinski definition) is 1. The summed E-state index contributed by atoms with van der Waals surface area (Å²) in [6, 6.07) is 0. The molecule has 0 radical (unpaired) electrons. The molecule has 0 aromatic rings. The van der Waals surface area contributed by atoms with Gasteiger partial charge in [0, 0.05) is 12.7 Å². The van der Waals surface area contributed by atoms with Crippen LogP contribution in [0.1, 0.15) is 13.3 Å². The fraction of sp³-hybridized carbons (Fsp3) is 0.714. The molecular weight excluding hydrogens is 136 g/mol. The first-order valence-electron chi connectivity index (χ1n) is 3.29. The maximum atomic E-state index is 12.5. The van der Waals surface area contributed by atoms with Gasteiger partial charge in [-0.3, -0.25) is 0 Å². The molecule has 1 nitrogen and oxygen atoms in total. The molecule has 1 aliphatic heterocycles. The summed E-state index contributed by atoms with van der Waals surface area (Å²) >= 11 is 0. The van der Waals surface area contributed by atoms with Crippen LogP contribution in [0.3, 0.4) is 0 Å². The van der Waals surface area contributed by atoms with Crippen LogP contribution in [0, 0.1) is 0 Å². The molecule has 0 saturated carbocycles. The molecule has 58 valence electrons. The second-order valence-electron chi connectivity index (χ2n) is 2.67. The van der Waals surface area contributed by atoms with Crippen LogP contribution in [0.5, 0.6) is 0 Å². The van der Waals surface area contributed by atoms with Gasteiger partial charge in [0.25, 0.3) is 5.92 Å². The van der Waals surface area contributed by atoms with Gasteiger partial charge < -0.3 is 4.90 Å². The first-order chi connectivity index (χ1) is 4.55. The minimum absolute atomic E-state index is 0.0972. The van der Waals surface area contributed by atoms with Crippen LogP contribution >= 0.6 is 0 Å². The average Bonchev–Trinajstić information content (AvgIpc) is 2.05. The lowest BCUT2D eigenvalue weighted by Crippen LogP contribution is -2.20. The highest BCUT2D eigenvalue weighted by molar-refractivity contribution is 5.09. The molecule has 1 aliphatic rings. The van der Waals surface area contributed by atoms with Gasteiger partial charge in [0.15, 0.2) is 0 Å². The Hall–Kier alpha value is -0.600. The minimum Gasteiger partial charge on any atom is -0.372 e. The number of alkyl halides is 2. The molecule has 0 bridgehead atoms. The quantitative estimate of drug-likeness (QED) is 0.505. The number of allylic oxidation sites excluding steroid dienone is 2. The first kappa shape index (κ1) is 7.51. The van der Waals surface area contributed by atoms with Gasteiger partial charge in [0.2, 0.25) is 0 Å². The maximum Gasteiger partial charge on any atom is 0.270 e. The van der Waals surface area contributed by atoms with Crippen LogP contribution in [-0.2, 0) is 0 Å². The van der Waals surface area contributed by atoms with Crippen molar-refractivity contribution < 1.29 is 8.78 Å². The molecule has 0 N–H and O–H groups in total. The molecule has 0 atom stereocenters. The van der Waals surface area contributed by atoms with Gasteiger partial charge in [0.05, 0.1) is 13.0 Å². The van der Waals surface area contributed by atoms with Crippen LogP contribution in [-0.4, -0.2) is 24.4 Å². The topological polar surface area (TPSA) is 3.24 Å². The Morgan fingerprint density at radius 1 is 1.60 bits per heavy atom. The SMILES string of the molecule is C/C=C1\CC(F)(F)CN1C. The normalized spacial score (nSPS) is 28.0. The van der Waals surface area contributed by atoms with E-state index in [2.05, 4.69) is 0 Å². The molecule has 0 aliphatic carbocycles. The molecule has 3 heteroatoms. The molecule has 1 heterocycles. The van der Waals surface area contributed by atoms with Crippen molar-refractivity contribution in [3.63, 3.8) is 0 Å². The zero-order valence-electron chi connectivity index (χ0n) is 6.19. The first-order valence-corrected chi connectivity index (χ1v) is 3.29. The van der Waals surface area contributed by atoms with Gasteiger partial charge in [-0.2, -0.15) is 0 Å². The van der Waals surface area contributed by atoms with E-state index in [0.717, 1.165) is 5.70 Å². The number of likely N-dealkylation sites (tertiary alicyclic amines) is 1. The molecule has 0 aromatic carbocycles. The fourth-order valence-electron chi connectivity index (χ4n) is 1.23. The van der Waals surface area contributed by atoms with E-state index in [1.54, 1.807) is 24.9 Å². The van der Waals surface area contributed by atoms with Gasteiger partial charge in [-0.25, -0.2) is 8.78 Å². The van der Waals surface area contributed by atoms with Crippen molar-refractivity contribution >= 4 is 0 Å². The zero-order chi connectivity index (χ0) is 7.78. The Balaban J connectivity index is 2.71. The van der Waals surface area contributed by atoms with E-state index in [4.69, 9.17) is 0 Å². The van der Waals surface area contributed by atoms with Gasteiger partial charge in [-0.1, -0.05) is 6.08 Å². The highest BCUT2D eigenvalue weighted by Crippen LogP contribution is 2.32. The van der Waals surface area contributed by atoms with E-state index in [-0.39, 0.29) is 13.0 Å². The summed E-state index contributed by atoms with van der Waals surface area (Å²) in [6.45, 7) is 1.65.